The van der Waals surface area contributed by atoms with E-state index >= 15 is 0 Å². The Morgan fingerprint density at radius 3 is 2.39 bits per heavy atom. The summed E-state index contributed by atoms with van der Waals surface area (Å²) in [6.45, 7) is 3.56. The molecule has 1 amide bonds. The summed E-state index contributed by atoms with van der Waals surface area (Å²) in [6.07, 6.45) is 0. The molecule has 0 unspecified atom stereocenters. The Kier molecular flexibility index (Phi) is 6.60. The Bertz CT molecular complexity index is 1200. The molecule has 3 aromatic rings. The van der Waals surface area contributed by atoms with Crippen molar-refractivity contribution in [2.24, 2.45) is 0 Å². The molecule has 0 aliphatic rings. The number of amides is 1. The fourth-order valence-electron chi connectivity index (χ4n) is 3.09. The number of aryl methyl sites for hydroxylation is 1. The molecule has 8 heteroatoms. The molecular formula is C23H23FN2O4S. The van der Waals surface area contributed by atoms with Crippen molar-refractivity contribution < 1.29 is 22.3 Å². The summed E-state index contributed by atoms with van der Waals surface area (Å²) < 4.78 is 46.9. The number of methoxy groups -OCH3 is 1. The van der Waals surface area contributed by atoms with Gasteiger partial charge in [-0.2, -0.15) is 0 Å². The molecule has 0 spiro atoms. The number of sulfonamides is 1. The van der Waals surface area contributed by atoms with Gasteiger partial charge in [0.1, 0.15) is 11.6 Å². The maximum Gasteiger partial charge on any atom is 0.264 e. The van der Waals surface area contributed by atoms with Gasteiger partial charge in [0.2, 0.25) is 0 Å². The van der Waals surface area contributed by atoms with Gasteiger partial charge >= 0.3 is 0 Å². The van der Waals surface area contributed by atoms with Crippen LogP contribution in [0.1, 0.15) is 22.8 Å². The van der Waals surface area contributed by atoms with Crippen LogP contribution in [0.4, 0.5) is 15.8 Å². The van der Waals surface area contributed by atoms with E-state index < -0.39 is 21.7 Å². The van der Waals surface area contributed by atoms with Crippen LogP contribution in [0.3, 0.4) is 0 Å². The molecule has 0 bridgehead atoms. The average Bonchev–Trinajstić information content (AvgIpc) is 2.76. The lowest BCUT2D eigenvalue weighted by atomic mass is 10.1. The van der Waals surface area contributed by atoms with Gasteiger partial charge in [-0.3, -0.25) is 9.10 Å². The fraction of sp³-hybridized carbons (Fsp3) is 0.174. The summed E-state index contributed by atoms with van der Waals surface area (Å²) in [4.78, 5) is 12.6. The molecule has 3 rings (SSSR count). The van der Waals surface area contributed by atoms with Crippen LogP contribution in [0.25, 0.3) is 0 Å². The highest BCUT2D eigenvalue weighted by Gasteiger charge is 2.25. The number of nitrogens with zero attached hydrogens (tertiary/aromatic N) is 1. The first-order chi connectivity index (χ1) is 14.8. The van der Waals surface area contributed by atoms with Gasteiger partial charge in [0.15, 0.2) is 0 Å². The number of halogens is 1. The van der Waals surface area contributed by atoms with Crippen molar-refractivity contribution in [3.63, 3.8) is 0 Å². The number of hydrogen-bond donors (Lipinski definition) is 1. The summed E-state index contributed by atoms with van der Waals surface area (Å²) in [5, 5.41) is 2.62. The molecule has 1 N–H and O–H groups in total. The molecule has 0 aliphatic heterocycles. The highest BCUT2D eigenvalue weighted by atomic mass is 32.2. The van der Waals surface area contributed by atoms with Gasteiger partial charge in [-0.15, -0.1) is 0 Å². The zero-order valence-corrected chi connectivity index (χ0v) is 18.2. The van der Waals surface area contributed by atoms with Crippen molar-refractivity contribution in [3.05, 3.63) is 83.7 Å². The number of nitrogens with one attached hydrogen (secondary N) is 1. The molecule has 0 fully saturated rings. The standard InChI is InChI=1S/C23H23FN2O4S/c1-4-26(18-8-6-5-7-9-18)31(28,29)19-12-13-22(30-3)21(15-19)25-23(27)17-11-10-16(2)20(24)14-17/h5-15H,4H2,1-3H3,(H,25,27). The molecule has 0 atom stereocenters. The Balaban J connectivity index is 1.98. The van der Waals surface area contributed by atoms with E-state index in [2.05, 4.69) is 5.32 Å². The highest BCUT2D eigenvalue weighted by Crippen LogP contribution is 2.31. The van der Waals surface area contributed by atoms with Gasteiger partial charge in [0.05, 0.1) is 23.4 Å². The SMILES string of the molecule is CCN(c1ccccc1)S(=O)(=O)c1ccc(OC)c(NC(=O)c2ccc(C)c(F)c2)c1. The minimum absolute atomic E-state index is 0.00982. The second-order valence-corrected chi connectivity index (χ2v) is 8.65. The molecule has 0 radical (unpaired) electrons. The summed E-state index contributed by atoms with van der Waals surface area (Å²) in [5.41, 5.74) is 1.22. The Morgan fingerprint density at radius 2 is 1.77 bits per heavy atom. The molecular weight excluding hydrogens is 419 g/mol. The molecule has 0 saturated heterocycles. The van der Waals surface area contributed by atoms with Crippen LogP contribution in [0.5, 0.6) is 5.75 Å². The Labute approximate surface area is 181 Å². The minimum atomic E-state index is -3.90. The Morgan fingerprint density at radius 1 is 1.06 bits per heavy atom. The highest BCUT2D eigenvalue weighted by molar-refractivity contribution is 7.92. The fourth-order valence-corrected chi connectivity index (χ4v) is 4.59. The quantitative estimate of drug-likeness (QED) is 0.580. The summed E-state index contributed by atoms with van der Waals surface area (Å²) in [5.74, 6) is -0.804. The van der Waals surface area contributed by atoms with Gasteiger partial charge < -0.3 is 10.1 Å². The summed E-state index contributed by atoms with van der Waals surface area (Å²) in [7, 11) is -2.49. The molecule has 3 aromatic carbocycles. The molecule has 0 aliphatic carbocycles. The lowest BCUT2D eigenvalue weighted by Gasteiger charge is -2.23. The molecule has 0 saturated carbocycles. The number of para-hydroxylation sites is 1. The maximum absolute atomic E-state index is 13.8. The van der Waals surface area contributed by atoms with Crippen LogP contribution in [0.2, 0.25) is 0 Å². The van der Waals surface area contributed by atoms with Crippen molar-refractivity contribution in [3.8, 4) is 5.75 Å². The molecule has 0 heterocycles. The Hall–Kier alpha value is -3.39. The zero-order valence-electron chi connectivity index (χ0n) is 17.4. The van der Waals surface area contributed by atoms with E-state index in [9.17, 15) is 17.6 Å². The average molecular weight is 443 g/mol. The number of hydrogen-bond acceptors (Lipinski definition) is 4. The van der Waals surface area contributed by atoms with E-state index in [-0.39, 0.29) is 28.4 Å². The molecule has 6 nitrogen and oxygen atoms in total. The molecule has 0 aromatic heterocycles. The first kappa shape index (κ1) is 22.3. The first-order valence-electron chi connectivity index (χ1n) is 9.61. The van der Waals surface area contributed by atoms with Gasteiger partial charge in [-0.05, 0) is 61.9 Å². The minimum Gasteiger partial charge on any atom is -0.495 e. The normalized spacial score (nSPS) is 11.1. The zero-order chi connectivity index (χ0) is 22.6. The maximum atomic E-state index is 13.8. The lowest BCUT2D eigenvalue weighted by Crippen LogP contribution is -2.30. The smallest absolute Gasteiger partial charge is 0.264 e. The van der Waals surface area contributed by atoms with Crippen molar-refractivity contribution in [1.82, 2.24) is 0 Å². The predicted molar refractivity (Wildman–Crippen MR) is 119 cm³/mol. The van der Waals surface area contributed by atoms with E-state index in [1.165, 1.54) is 41.7 Å². The number of carbonyl (C=O) groups is 1. The van der Waals surface area contributed by atoms with Crippen LogP contribution >= 0.6 is 0 Å². The van der Waals surface area contributed by atoms with Gasteiger partial charge in [-0.1, -0.05) is 24.3 Å². The van der Waals surface area contributed by atoms with Crippen molar-refractivity contribution in [2.45, 2.75) is 18.7 Å². The van der Waals surface area contributed by atoms with E-state index in [0.717, 1.165) is 6.07 Å². The van der Waals surface area contributed by atoms with Crippen molar-refractivity contribution in [2.75, 3.05) is 23.3 Å². The number of carbonyl (C=O) groups excluding carboxylic acids is 1. The van der Waals surface area contributed by atoms with Gasteiger partial charge in [0, 0.05) is 12.1 Å². The van der Waals surface area contributed by atoms with Crippen LogP contribution in [-0.4, -0.2) is 28.0 Å². The van der Waals surface area contributed by atoms with Crippen LogP contribution in [0, 0.1) is 12.7 Å². The third kappa shape index (κ3) is 4.69. The molecule has 31 heavy (non-hydrogen) atoms. The van der Waals surface area contributed by atoms with Crippen molar-refractivity contribution in [1.29, 1.82) is 0 Å². The topological polar surface area (TPSA) is 75.7 Å². The van der Waals surface area contributed by atoms with Crippen molar-refractivity contribution >= 4 is 27.3 Å². The van der Waals surface area contributed by atoms with Crippen LogP contribution in [0.15, 0.2) is 71.6 Å². The second-order valence-electron chi connectivity index (χ2n) is 6.79. The summed E-state index contributed by atoms with van der Waals surface area (Å²) in [6, 6.07) is 17.1. The number of anilines is 2. The van der Waals surface area contributed by atoms with Gasteiger partial charge in [-0.25, -0.2) is 12.8 Å². The number of rotatable bonds is 7. The predicted octanol–water partition coefficient (Wildman–Crippen LogP) is 4.61. The third-order valence-electron chi connectivity index (χ3n) is 4.77. The lowest BCUT2D eigenvalue weighted by molar-refractivity contribution is 0.102. The van der Waals surface area contributed by atoms with E-state index in [1.807, 2.05) is 0 Å². The number of ether oxygens (including phenoxy) is 1. The third-order valence-corrected chi connectivity index (χ3v) is 6.67. The summed E-state index contributed by atoms with van der Waals surface area (Å²) >= 11 is 0. The molecule has 162 valence electrons. The first-order valence-corrected chi connectivity index (χ1v) is 11.0. The van der Waals surface area contributed by atoms with Crippen LogP contribution < -0.4 is 14.4 Å². The number of benzene rings is 3. The van der Waals surface area contributed by atoms with E-state index in [1.54, 1.807) is 44.2 Å². The van der Waals surface area contributed by atoms with E-state index in [0.29, 0.717) is 11.3 Å². The van der Waals surface area contributed by atoms with Gasteiger partial charge in [0.25, 0.3) is 15.9 Å². The van der Waals surface area contributed by atoms with Crippen LogP contribution in [-0.2, 0) is 10.0 Å². The second kappa shape index (κ2) is 9.18. The largest absolute Gasteiger partial charge is 0.495 e. The van der Waals surface area contributed by atoms with E-state index in [4.69, 9.17) is 4.74 Å². The monoisotopic (exact) mass is 442 g/mol.